The molecule has 1 aliphatic carbocycles. The summed E-state index contributed by atoms with van der Waals surface area (Å²) in [5.41, 5.74) is -0.0387. The van der Waals surface area contributed by atoms with Crippen LogP contribution in [0.5, 0.6) is 0 Å². The molecule has 4 rings (SSSR count). The van der Waals surface area contributed by atoms with Crippen molar-refractivity contribution < 1.29 is 9.53 Å². The van der Waals surface area contributed by atoms with Crippen LogP contribution in [0.2, 0.25) is 0 Å². The summed E-state index contributed by atoms with van der Waals surface area (Å²) in [5.74, 6) is 1.04. The van der Waals surface area contributed by atoms with Crippen molar-refractivity contribution in [1.82, 2.24) is 14.9 Å². The monoisotopic (exact) mass is 411 g/mol. The summed E-state index contributed by atoms with van der Waals surface area (Å²) in [6.07, 6.45) is 1.50. The molecule has 8 heteroatoms. The molecule has 128 valence electrons. The van der Waals surface area contributed by atoms with Crippen LogP contribution in [0.1, 0.15) is 45.5 Å². The number of carbonyl (C=O) groups excluding carboxylic acids is 1. The fourth-order valence-corrected chi connectivity index (χ4v) is 4.79. The number of aromatic amines is 1. The predicted molar refractivity (Wildman–Crippen MR) is 95.3 cm³/mol. The zero-order valence-electron chi connectivity index (χ0n) is 13.6. The zero-order valence-corrected chi connectivity index (χ0v) is 16.0. The third-order valence-corrected chi connectivity index (χ3v) is 6.02. The van der Waals surface area contributed by atoms with E-state index in [4.69, 9.17) is 4.74 Å². The number of aromatic nitrogens is 2. The highest BCUT2D eigenvalue weighted by Gasteiger charge is 2.56. The summed E-state index contributed by atoms with van der Waals surface area (Å²) in [6.45, 7) is 5.57. The lowest BCUT2D eigenvalue weighted by atomic mass is 10.1. The molecule has 2 aromatic heterocycles. The molecule has 2 aromatic rings. The van der Waals surface area contributed by atoms with Crippen molar-refractivity contribution in [3.63, 3.8) is 0 Å². The van der Waals surface area contributed by atoms with E-state index in [2.05, 4.69) is 25.9 Å². The van der Waals surface area contributed by atoms with E-state index in [0.29, 0.717) is 22.0 Å². The zero-order chi connectivity index (χ0) is 17.2. The number of thiophene rings is 1. The van der Waals surface area contributed by atoms with E-state index < -0.39 is 5.60 Å². The smallest absolute Gasteiger partial charge is 0.411 e. The predicted octanol–water partition coefficient (Wildman–Crippen LogP) is 3.82. The maximum absolute atomic E-state index is 12.6. The van der Waals surface area contributed by atoms with Crippen molar-refractivity contribution >= 4 is 43.6 Å². The molecule has 2 aliphatic rings. The Labute approximate surface area is 151 Å². The second kappa shape index (κ2) is 5.29. The third-order valence-electron chi connectivity index (χ3n) is 4.40. The van der Waals surface area contributed by atoms with E-state index in [-0.39, 0.29) is 23.7 Å². The first-order valence-electron chi connectivity index (χ1n) is 7.93. The number of fused-ring (bicyclic) bond motifs is 2. The summed E-state index contributed by atoms with van der Waals surface area (Å²) in [5, 5.41) is 0. The van der Waals surface area contributed by atoms with Crippen molar-refractivity contribution in [2.24, 2.45) is 5.92 Å². The van der Waals surface area contributed by atoms with E-state index >= 15 is 0 Å². The second-order valence-electron chi connectivity index (χ2n) is 7.42. The van der Waals surface area contributed by atoms with Gasteiger partial charge in [-0.25, -0.2) is 9.78 Å². The van der Waals surface area contributed by atoms with Crippen LogP contribution >= 0.6 is 27.3 Å². The average Bonchev–Trinajstić information content (AvgIpc) is 2.93. The summed E-state index contributed by atoms with van der Waals surface area (Å²) >= 11 is 4.75. The van der Waals surface area contributed by atoms with E-state index in [1.54, 1.807) is 4.90 Å². The van der Waals surface area contributed by atoms with Crippen LogP contribution in [0.3, 0.4) is 0 Å². The van der Waals surface area contributed by atoms with Crippen molar-refractivity contribution in [1.29, 1.82) is 0 Å². The number of likely N-dealkylation sites (tertiary alicyclic amines) is 1. The normalized spacial score (nSPS) is 25.8. The van der Waals surface area contributed by atoms with Gasteiger partial charge in [-0.15, -0.1) is 11.3 Å². The molecule has 6 nitrogen and oxygen atoms in total. The van der Waals surface area contributed by atoms with Crippen molar-refractivity contribution in [3.05, 3.63) is 26.0 Å². The van der Waals surface area contributed by atoms with Gasteiger partial charge in [0.05, 0.1) is 15.3 Å². The number of H-pyrrole nitrogens is 1. The Morgan fingerprint density at radius 2 is 2.21 bits per heavy atom. The number of nitrogens with zero attached hydrogens (tertiary/aromatic N) is 2. The minimum Gasteiger partial charge on any atom is -0.444 e. The lowest BCUT2D eigenvalue weighted by Crippen LogP contribution is -2.39. The molecule has 2 fully saturated rings. The number of carbonyl (C=O) groups is 1. The van der Waals surface area contributed by atoms with Gasteiger partial charge in [0.1, 0.15) is 16.1 Å². The minimum atomic E-state index is -0.544. The molecule has 1 saturated carbocycles. The second-order valence-corrected chi connectivity index (χ2v) is 9.85. The maximum Gasteiger partial charge on any atom is 0.411 e. The standard InChI is InChI=1S/C16H18BrN3O3S/c1-16(2,3)23-15(22)20-9-4-7(9)5-10(20)13-18-8-6-11(17)24-12(8)14(21)19-13/h6-7,9-10H,4-5H2,1-3H3,(H,18,19,21)/t7-,9-,10-/m0/s1. The van der Waals surface area contributed by atoms with Crippen molar-refractivity contribution in [2.75, 3.05) is 0 Å². The van der Waals surface area contributed by atoms with Gasteiger partial charge in [-0.3, -0.25) is 9.69 Å². The first kappa shape index (κ1) is 16.1. The minimum absolute atomic E-state index is 0.157. The molecule has 0 unspecified atom stereocenters. The van der Waals surface area contributed by atoms with Gasteiger partial charge in [0.15, 0.2) is 0 Å². The Kier molecular flexibility index (Phi) is 3.55. The van der Waals surface area contributed by atoms with Gasteiger partial charge in [0.2, 0.25) is 0 Å². The largest absolute Gasteiger partial charge is 0.444 e. The van der Waals surface area contributed by atoms with Crippen molar-refractivity contribution in [3.8, 4) is 0 Å². The van der Waals surface area contributed by atoms with E-state index in [1.807, 2.05) is 26.8 Å². The third kappa shape index (κ3) is 2.75. The van der Waals surface area contributed by atoms with Gasteiger partial charge in [-0.1, -0.05) is 0 Å². The molecule has 0 bridgehead atoms. The number of ether oxygens (including phenoxy) is 1. The summed E-state index contributed by atoms with van der Waals surface area (Å²) in [4.78, 5) is 34.2. The highest BCUT2D eigenvalue weighted by Crippen LogP contribution is 2.53. The topological polar surface area (TPSA) is 75.3 Å². The molecule has 0 radical (unpaired) electrons. The molecule has 1 saturated heterocycles. The molecule has 1 amide bonds. The molecule has 3 atom stereocenters. The molecular formula is C16H18BrN3O3S. The SMILES string of the molecule is CC(C)(C)OC(=O)N1[C@H](c2nc3cc(Br)sc3c(=O)[nH]2)C[C@@H]2C[C@@H]21. The Hall–Kier alpha value is -1.41. The van der Waals surface area contributed by atoms with Gasteiger partial charge < -0.3 is 9.72 Å². The highest BCUT2D eigenvalue weighted by molar-refractivity contribution is 9.11. The molecule has 3 heterocycles. The molecule has 1 aliphatic heterocycles. The molecule has 24 heavy (non-hydrogen) atoms. The fourth-order valence-electron chi connectivity index (χ4n) is 3.36. The van der Waals surface area contributed by atoms with Gasteiger partial charge in [0, 0.05) is 6.04 Å². The summed E-state index contributed by atoms with van der Waals surface area (Å²) in [7, 11) is 0. The number of hydrogen-bond donors (Lipinski definition) is 1. The number of amides is 1. The van der Waals surface area contributed by atoms with E-state index in [1.165, 1.54) is 11.3 Å². The molecule has 1 N–H and O–H groups in total. The number of hydrogen-bond acceptors (Lipinski definition) is 5. The Balaban J connectivity index is 1.70. The first-order valence-corrected chi connectivity index (χ1v) is 9.54. The number of nitrogens with one attached hydrogen (secondary N) is 1. The Morgan fingerprint density at radius 1 is 1.46 bits per heavy atom. The van der Waals surface area contributed by atoms with Crippen LogP contribution in [0, 0.1) is 5.92 Å². The maximum atomic E-state index is 12.6. The molecular weight excluding hydrogens is 394 g/mol. The lowest BCUT2D eigenvalue weighted by molar-refractivity contribution is 0.0174. The van der Waals surface area contributed by atoms with Crippen LogP contribution in [0.25, 0.3) is 10.2 Å². The van der Waals surface area contributed by atoms with E-state index in [0.717, 1.165) is 16.6 Å². The van der Waals surface area contributed by atoms with Gasteiger partial charge >= 0.3 is 6.09 Å². The number of piperidine rings is 1. The lowest BCUT2D eigenvalue weighted by Gasteiger charge is -2.30. The van der Waals surface area contributed by atoms with Gasteiger partial charge in [-0.2, -0.15) is 0 Å². The summed E-state index contributed by atoms with van der Waals surface area (Å²) in [6, 6.07) is 1.83. The van der Waals surface area contributed by atoms with Crippen LogP contribution in [0.4, 0.5) is 4.79 Å². The molecule has 0 spiro atoms. The first-order chi connectivity index (χ1) is 11.2. The number of rotatable bonds is 1. The fraction of sp³-hybridized carbons (Fsp3) is 0.562. The Bertz CT molecular complexity index is 885. The van der Waals surface area contributed by atoms with Crippen LogP contribution in [-0.4, -0.2) is 32.6 Å². The van der Waals surface area contributed by atoms with Gasteiger partial charge in [-0.05, 0) is 61.5 Å². The average molecular weight is 412 g/mol. The number of halogens is 1. The summed E-state index contributed by atoms with van der Waals surface area (Å²) < 4.78 is 7.02. The van der Waals surface area contributed by atoms with Crippen LogP contribution in [0.15, 0.2) is 14.6 Å². The van der Waals surface area contributed by atoms with Crippen LogP contribution in [-0.2, 0) is 4.74 Å². The highest BCUT2D eigenvalue weighted by atomic mass is 79.9. The Morgan fingerprint density at radius 3 is 2.92 bits per heavy atom. The molecule has 0 aromatic carbocycles. The van der Waals surface area contributed by atoms with Gasteiger partial charge in [0.25, 0.3) is 5.56 Å². The van der Waals surface area contributed by atoms with Crippen LogP contribution < -0.4 is 5.56 Å². The van der Waals surface area contributed by atoms with Crippen molar-refractivity contribution in [2.45, 2.75) is 51.3 Å². The quantitative estimate of drug-likeness (QED) is 0.773. The van der Waals surface area contributed by atoms with E-state index in [9.17, 15) is 9.59 Å².